The fourth-order valence-corrected chi connectivity index (χ4v) is 9.07. The van der Waals surface area contributed by atoms with Gasteiger partial charge in [0, 0.05) is 6.42 Å². The summed E-state index contributed by atoms with van der Waals surface area (Å²) >= 11 is 0. The number of aliphatic hydroxyl groups excluding tert-OH is 6. The number of carbonyl (C=O) groups excluding carboxylic acids is 1. The van der Waals surface area contributed by atoms with Crippen LogP contribution in [-0.4, -0.2) is 91.9 Å². The van der Waals surface area contributed by atoms with Crippen LogP contribution in [0.5, 0.6) is 0 Å². The quantitative estimate of drug-likeness (QED) is 0.0298. The van der Waals surface area contributed by atoms with E-state index in [4.69, 9.17) is 4.74 Å². The Morgan fingerprint density at radius 1 is 0.467 bits per heavy atom. The Kier molecular flexibility index (Phi) is 39.0. The van der Waals surface area contributed by atoms with Crippen molar-refractivity contribution in [2.45, 2.75) is 313 Å². The van der Waals surface area contributed by atoms with Crippen LogP contribution in [0.15, 0.2) is 0 Å². The second-order valence-corrected chi connectivity index (χ2v) is 18.9. The Bertz CT molecular complexity index is 924. The van der Waals surface area contributed by atoms with E-state index in [2.05, 4.69) is 19.2 Å². The van der Waals surface area contributed by atoms with E-state index in [9.17, 15) is 35.4 Å². The number of aliphatic hydroxyl groups is 6. The van der Waals surface area contributed by atoms with E-state index >= 15 is 0 Å². The maximum absolute atomic E-state index is 13.1. The summed E-state index contributed by atoms with van der Waals surface area (Å²) < 4.78 is 5.69. The van der Waals surface area contributed by atoms with Crippen LogP contribution in [0, 0.1) is 0 Å². The zero-order valence-corrected chi connectivity index (χ0v) is 39.4. The van der Waals surface area contributed by atoms with Gasteiger partial charge in [0.05, 0.1) is 31.0 Å². The normalized spacial score (nSPS) is 21.0. The summed E-state index contributed by atoms with van der Waals surface area (Å²) in [4.78, 5) is 13.1. The van der Waals surface area contributed by atoms with Crippen LogP contribution >= 0.6 is 0 Å². The molecule has 0 bridgehead atoms. The summed E-state index contributed by atoms with van der Waals surface area (Å²) in [5, 5.41) is 65.8. The molecule has 0 aliphatic carbocycles. The standard InChI is InChI=1S/C51H101NO8/c1-3-5-7-9-11-13-15-17-18-19-20-21-22-23-24-25-26-27-29-31-33-35-37-39-47(55)52-43(40-41-45-49(57)51(59)50(58)46(42-53)60-45)48(56)44(54)38-36-34-32-30-28-16-14-12-10-8-6-4-2/h43-46,48-51,53-54,56-59H,3-42H2,1-2H3,(H,52,55)/t43-,44+,45?,46?,48-,49+,50-,51?/m0/s1. The van der Waals surface area contributed by atoms with Gasteiger partial charge in [0.2, 0.25) is 5.91 Å². The van der Waals surface area contributed by atoms with Crippen molar-refractivity contribution in [1.29, 1.82) is 0 Å². The predicted octanol–water partition coefficient (Wildman–Crippen LogP) is 11.3. The van der Waals surface area contributed by atoms with Gasteiger partial charge in [-0.25, -0.2) is 0 Å². The zero-order valence-electron chi connectivity index (χ0n) is 39.4. The average Bonchev–Trinajstić information content (AvgIpc) is 3.25. The van der Waals surface area contributed by atoms with Crippen LogP contribution in [0.1, 0.15) is 264 Å². The summed E-state index contributed by atoms with van der Waals surface area (Å²) in [6.45, 7) is 4.02. The number of ether oxygens (including phenoxy) is 1. The predicted molar refractivity (Wildman–Crippen MR) is 249 cm³/mol. The molecular weight excluding hydrogens is 755 g/mol. The molecule has 7 N–H and O–H groups in total. The molecular formula is C51H101NO8. The van der Waals surface area contributed by atoms with Gasteiger partial charge in [-0.3, -0.25) is 4.79 Å². The third kappa shape index (κ3) is 30.3. The van der Waals surface area contributed by atoms with Crippen LogP contribution in [0.2, 0.25) is 0 Å². The summed E-state index contributed by atoms with van der Waals surface area (Å²) in [5.41, 5.74) is 0. The van der Waals surface area contributed by atoms with Crippen LogP contribution in [0.3, 0.4) is 0 Å². The molecule has 0 spiro atoms. The number of rotatable bonds is 44. The second-order valence-electron chi connectivity index (χ2n) is 18.9. The van der Waals surface area contributed by atoms with Gasteiger partial charge in [0.15, 0.2) is 0 Å². The maximum atomic E-state index is 13.1. The number of hydrogen-bond donors (Lipinski definition) is 7. The first-order valence-corrected chi connectivity index (χ1v) is 26.2. The molecule has 1 amide bonds. The third-order valence-electron chi connectivity index (χ3n) is 13.3. The first-order valence-electron chi connectivity index (χ1n) is 26.2. The molecule has 1 saturated heterocycles. The van der Waals surface area contributed by atoms with E-state index in [1.165, 1.54) is 186 Å². The van der Waals surface area contributed by atoms with Crippen molar-refractivity contribution in [2.75, 3.05) is 6.61 Å². The van der Waals surface area contributed by atoms with Crippen molar-refractivity contribution in [3.05, 3.63) is 0 Å². The number of hydrogen-bond acceptors (Lipinski definition) is 8. The topological polar surface area (TPSA) is 160 Å². The monoisotopic (exact) mass is 856 g/mol. The van der Waals surface area contributed by atoms with Gasteiger partial charge in [-0.15, -0.1) is 0 Å². The SMILES string of the molecule is CCCCCCCCCCCCCCCCCCCCCCCCCC(=O)N[C@@H](CCC1OC(CO)[C@H](O)C(O)[C@@H]1O)[C@H](O)[C@H](O)CCCCCCCCCCCCCC. The van der Waals surface area contributed by atoms with Crippen molar-refractivity contribution in [1.82, 2.24) is 5.32 Å². The lowest BCUT2D eigenvalue weighted by atomic mass is 9.90. The molecule has 9 nitrogen and oxygen atoms in total. The van der Waals surface area contributed by atoms with E-state index in [0.717, 1.165) is 38.5 Å². The zero-order chi connectivity index (χ0) is 43.9. The molecule has 0 aromatic carbocycles. The first kappa shape index (κ1) is 57.2. The van der Waals surface area contributed by atoms with Crippen LogP contribution in [0.4, 0.5) is 0 Å². The summed E-state index contributed by atoms with van der Waals surface area (Å²) in [7, 11) is 0. The molecule has 1 heterocycles. The minimum absolute atomic E-state index is 0.161. The van der Waals surface area contributed by atoms with Gasteiger partial charge in [-0.1, -0.05) is 232 Å². The summed E-state index contributed by atoms with van der Waals surface area (Å²) in [6, 6.07) is -0.762. The number of amides is 1. The fourth-order valence-electron chi connectivity index (χ4n) is 9.07. The number of unbranched alkanes of at least 4 members (excludes halogenated alkanes) is 33. The van der Waals surface area contributed by atoms with Crippen molar-refractivity contribution < 1.29 is 40.2 Å². The molecule has 8 atom stereocenters. The Labute approximate surface area is 370 Å². The summed E-state index contributed by atoms with van der Waals surface area (Å²) in [6.07, 6.45) is 37.6. The first-order chi connectivity index (χ1) is 29.3. The maximum Gasteiger partial charge on any atom is 0.220 e. The molecule has 0 aromatic heterocycles. The van der Waals surface area contributed by atoms with Gasteiger partial charge in [0.25, 0.3) is 0 Å². The lowest BCUT2D eigenvalue weighted by Crippen LogP contribution is -2.59. The Morgan fingerprint density at radius 2 is 0.800 bits per heavy atom. The minimum Gasteiger partial charge on any atom is -0.394 e. The fraction of sp³-hybridized carbons (Fsp3) is 0.980. The molecule has 0 radical (unpaired) electrons. The van der Waals surface area contributed by atoms with E-state index in [0.29, 0.717) is 12.8 Å². The van der Waals surface area contributed by atoms with Crippen LogP contribution in [0.25, 0.3) is 0 Å². The largest absolute Gasteiger partial charge is 0.394 e. The number of carbonyl (C=O) groups is 1. The third-order valence-corrected chi connectivity index (χ3v) is 13.3. The van der Waals surface area contributed by atoms with Gasteiger partial charge in [-0.05, 0) is 25.7 Å². The van der Waals surface area contributed by atoms with Crippen molar-refractivity contribution in [2.24, 2.45) is 0 Å². The van der Waals surface area contributed by atoms with Gasteiger partial charge in [0.1, 0.15) is 24.4 Å². The van der Waals surface area contributed by atoms with Crippen molar-refractivity contribution in [3.63, 3.8) is 0 Å². The highest BCUT2D eigenvalue weighted by Gasteiger charge is 2.43. The van der Waals surface area contributed by atoms with Crippen molar-refractivity contribution >= 4 is 5.91 Å². The smallest absolute Gasteiger partial charge is 0.220 e. The van der Waals surface area contributed by atoms with Gasteiger partial charge >= 0.3 is 0 Å². The Balaban J connectivity index is 2.26. The summed E-state index contributed by atoms with van der Waals surface area (Å²) in [5.74, 6) is -0.172. The Morgan fingerprint density at radius 3 is 1.17 bits per heavy atom. The van der Waals surface area contributed by atoms with Crippen LogP contribution < -0.4 is 5.32 Å². The molecule has 358 valence electrons. The lowest BCUT2D eigenvalue weighted by molar-refractivity contribution is -0.231. The molecule has 9 heteroatoms. The molecule has 60 heavy (non-hydrogen) atoms. The highest BCUT2D eigenvalue weighted by atomic mass is 16.5. The highest BCUT2D eigenvalue weighted by molar-refractivity contribution is 5.76. The molecule has 0 saturated carbocycles. The minimum atomic E-state index is -1.48. The molecule has 0 aromatic rings. The highest BCUT2D eigenvalue weighted by Crippen LogP contribution is 2.26. The van der Waals surface area contributed by atoms with E-state index < -0.39 is 55.4 Å². The van der Waals surface area contributed by atoms with Gasteiger partial charge < -0.3 is 40.7 Å². The average molecular weight is 856 g/mol. The molecule has 3 unspecified atom stereocenters. The van der Waals surface area contributed by atoms with E-state index in [1.54, 1.807) is 0 Å². The molecule has 1 rings (SSSR count). The second kappa shape index (κ2) is 40.9. The molecule has 1 fully saturated rings. The van der Waals surface area contributed by atoms with Crippen LogP contribution in [-0.2, 0) is 9.53 Å². The number of nitrogens with one attached hydrogen (secondary N) is 1. The lowest BCUT2D eigenvalue weighted by Gasteiger charge is -2.40. The van der Waals surface area contributed by atoms with E-state index in [1.807, 2.05) is 0 Å². The molecule has 1 aliphatic heterocycles. The Hall–Kier alpha value is -0.810. The van der Waals surface area contributed by atoms with E-state index in [-0.39, 0.29) is 18.7 Å². The van der Waals surface area contributed by atoms with Gasteiger partial charge in [-0.2, -0.15) is 0 Å². The molecule has 1 aliphatic rings. The van der Waals surface area contributed by atoms with Crippen molar-refractivity contribution in [3.8, 4) is 0 Å².